The second kappa shape index (κ2) is 10.1. The molecule has 0 unspecified atom stereocenters. The SMILES string of the molecule is Cl.O=C(NC[C@H]1O[C@@H](CO)[C@@H](O)[C@H]1N1CCOCC1)c1ccc(C(F)(F)F)cc1. The minimum absolute atomic E-state index is 0. The summed E-state index contributed by atoms with van der Waals surface area (Å²) in [5, 5.41) is 22.5. The van der Waals surface area contributed by atoms with E-state index in [4.69, 9.17) is 9.47 Å². The van der Waals surface area contributed by atoms with Gasteiger partial charge in [-0.3, -0.25) is 9.69 Å². The van der Waals surface area contributed by atoms with Crippen molar-refractivity contribution in [3.8, 4) is 0 Å². The van der Waals surface area contributed by atoms with Crippen molar-refractivity contribution in [3.05, 3.63) is 35.4 Å². The fraction of sp³-hybridized carbons (Fsp3) is 0.611. The summed E-state index contributed by atoms with van der Waals surface area (Å²) in [6, 6.07) is 3.50. The summed E-state index contributed by atoms with van der Waals surface area (Å²) in [5.41, 5.74) is -0.738. The van der Waals surface area contributed by atoms with E-state index in [1.54, 1.807) is 0 Å². The molecule has 0 aromatic heterocycles. The van der Waals surface area contributed by atoms with Crippen LogP contribution in [-0.2, 0) is 15.7 Å². The van der Waals surface area contributed by atoms with E-state index >= 15 is 0 Å². The Kier molecular flexibility index (Phi) is 8.27. The van der Waals surface area contributed by atoms with Gasteiger partial charge in [-0.15, -0.1) is 12.4 Å². The fourth-order valence-corrected chi connectivity index (χ4v) is 3.58. The number of carbonyl (C=O) groups excluding carboxylic acids is 1. The highest BCUT2D eigenvalue weighted by molar-refractivity contribution is 5.94. The van der Waals surface area contributed by atoms with Crippen molar-refractivity contribution in [3.63, 3.8) is 0 Å². The summed E-state index contributed by atoms with van der Waals surface area (Å²) < 4.78 is 48.9. The molecule has 0 spiro atoms. The predicted octanol–water partition coefficient (Wildman–Crippen LogP) is 0.678. The van der Waals surface area contributed by atoms with Crippen molar-refractivity contribution in [2.45, 2.75) is 30.5 Å². The molecule has 1 amide bonds. The summed E-state index contributed by atoms with van der Waals surface area (Å²) in [6.07, 6.45) is -6.71. The summed E-state index contributed by atoms with van der Waals surface area (Å²) in [6.45, 7) is 1.90. The average molecular weight is 441 g/mol. The highest BCUT2D eigenvalue weighted by Crippen LogP contribution is 2.29. The number of nitrogens with zero attached hydrogens (tertiary/aromatic N) is 1. The number of benzene rings is 1. The Balaban J connectivity index is 0.00000300. The summed E-state index contributed by atoms with van der Waals surface area (Å²) in [4.78, 5) is 14.3. The van der Waals surface area contributed by atoms with Gasteiger partial charge in [-0.05, 0) is 24.3 Å². The molecule has 2 saturated heterocycles. The van der Waals surface area contributed by atoms with Gasteiger partial charge in [0, 0.05) is 25.2 Å². The van der Waals surface area contributed by atoms with Crippen LogP contribution in [0.2, 0.25) is 0 Å². The van der Waals surface area contributed by atoms with Crippen LogP contribution in [0.15, 0.2) is 24.3 Å². The van der Waals surface area contributed by atoms with E-state index < -0.39 is 42.0 Å². The first-order chi connectivity index (χ1) is 13.3. The third kappa shape index (κ3) is 5.59. The van der Waals surface area contributed by atoms with Gasteiger partial charge in [-0.1, -0.05) is 0 Å². The van der Waals surface area contributed by atoms with Gasteiger partial charge in [0.05, 0.1) is 37.5 Å². The highest BCUT2D eigenvalue weighted by atomic mass is 35.5. The molecule has 0 radical (unpaired) electrons. The van der Waals surface area contributed by atoms with Crippen LogP contribution < -0.4 is 5.32 Å². The Hall–Kier alpha value is -1.43. The van der Waals surface area contributed by atoms with E-state index in [0.29, 0.717) is 26.3 Å². The highest BCUT2D eigenvalue weighted by Gasteiger charge is 2.46. The Bertz CT molecular complexity index is 670. The second-order valence-electron chi connectivity index (χ2n) is 6.81. The maximum atomic E-state index is 12.6. The molecule has 0 aliphatic carbocycles. The van der Waals surface area contributed by atoms with Crippen LogP contribution in [0.5, 0.6) is 0 Å². The lowest BCUT2D eigenvalue weighted by Crippen LogP contribution is -2.54. The molecule has 0 bridgehead atoms. The lowest BCUT2D eigenvalue weighted by Gasteiger charge is -2.36. The van der Waals surface area contributed by atoms with E-state index in [0.717, 1.165) is 24.3 Å². The first kappa shape index (κ1) is 23.8. The molecule has 3 N–H and O–H groups in total. The molecule has 164 valence electrons. The van der Waals surface area contributed by atoms with E-state index in [-0.39, 0.29) is 31.1 Å². The molecule has 7 nitrogen and oxygen atoms in total. The Morgan fingerprint density at radius 3 is 2.34 bits per heavy atom. The molecule has 0 saturated carbocycles. The Morgan fingerprint density at radius 1 is 1.17 bits per heavy atom. The maximum Gasteiger partial charge on any atom is 0.416 e. The number of amides is 1. The van der Waals surface area contributed by atoms with Gasteiger partial charge in [0.15, 0.2) is 0 Å². The van der Waals surface area contributed by atoms with Gasteiger partial charge in [0.1, 0.15) is 12.2 Å². The average Bonchev–Trinajstić information content (AvgIpc) is 3.01. The zero-order chi connectivity index (χ0) is 20.3. The van der Waals surface area contributed by atoms with Crippen LogP contribution in [-0.4, -0.2) is 84.8 Å². The molecule has 2 aliphatic heterocycles. The first-order valence-electron chi connectivity index (χ1n) is 9.03. The number of carbonyl (C=O) groups is 1. The molecule has 1 aromatic rings. The minimum Gasteiger partial charge on any atom is -0.394 e. The van der Waals surface area contributed by atoms with E-state index in [1.165, 1.54) is 0 Å². The Labute approximate surface area is 172 Å². The van der Waals surface area contributed by atoms with Crippen LogP contribution in [0.25, 0.3) is 0 Å². The summed E-state index contributed by atoms with van der Waals surface area (Å²) in [5.74, 6) is -0.542. The van der Waals surface area contributed by atoms with Crippen LogP contribution in [0.1, 0.15) is 15.9 Å². The number of ether oxygens (including phenoxy) is 2. The lowest BCUT2D eigenvalue weighted by atomic mass is 10.0. The van der Waals surface area contributed by atoms with E-state index in [9.17, 15) is 28.2 Å². The van der Waals surface area contributed by atoms with Crippen LogP contribution in [0.4, 0.5) is 13.2 Å². The topological polar surface area (TPSA) is 91.3 Å². The van der Waals surface area contributed by atoms with Crippen LogP contribution in [0.3, 0.4) is 0 Å². The molecule has 2 fully saturated rings. The molecule has 3 rings (SSSR count). The second-order valence-corrected chi connectivity index (χ2v) is 6.81. The lowest BCUT2D eigenvalue weighted by molar-refractivity contribution is -0.137. The number of aliphatic hydroxyl groups is 2. The third-order valence-corrected chi connectivity index (χ3v) is 5.05. The quantitative estimate of drug-likeness (QED) is 0.624. The number of morpholine rings is 1. The predicted molar refractivity (Wildman–Crippen MR) is 99.0 cm³/mol. The third-order valence-electron chi connectivity index (χ3n) is 5.05. The first-order valence-corrected chi connectivity index (χ1v) is 9.03. The van der Waals surface area contributed by atoms with Crippen molar-refractivity contribution in [2.24, 2.45) is 0 Å². The molecule has 29 heavy (non-hydrogen) atoms. The van der Waals surface area contributed by atoms with Crippen LogP contribution >= 0.6 is 12.4 Å². The molecule has 4 atom stereocenters. The van der Waals surface area contributed by atoms with Crippen molar-refractivity contribution in [1.29, 1.82) is 0 Å². The number of alkyl halides is 3. The Morgan fingerprint density at radius 2 is 1.79 bits per heavy atom. The van der Waals surface area contributed by atoms with Crippen molar-refractivity contribution in [2.75, 3.05) is 39.5 Å². The van der Waals surface area contributed by atoms with E-state index in [2.05, 4.69) is 5.32 Å². The molecular weight excluding hydrogens is 417 g/mol. The molecule has 11 heteroatoms. The standard InChI is InChI=1S/C18H23F3N2O5.ClH/c19-18(20,21)12-3-1-11(2-4-12)17(26)22-9-13-15(16(25)14(10-24)28-13)23-5-7-27-8-6-23;/h1-4,13-16,24-25H,5-10H2,(H,22,26);1H/t13-,14+,15+,16-;/m1./s1. The minimum atomic E-state index is -4.46. The number of halogens is 4. The normalized spacial score (nSPS) is 28.0. The smallest absolute Gasteiger partial charge is 0.394 e. The van der Waals surface area contributed by atoms with Gasteiger partial charge in [0.25, 0.3) is 5.91 Å². The van der Waals surface area contributed by atoms with Crippen molar-refractivity contribution < 1.29 is 37.7 Å². The molecule has 2 aliphatic rings. The number of hydrogen-bond donors (Lipinski definition) is 3. The largest absolute Gasteiger partial charge is 0.416 e. The molecule has 2 heterocycles. The van der Waals surface area contributed by atoms with Gasteiger partial charge >= 0.3 is 6.18 Å². The summed E-state index contributed by atoms with van der Waals surface area (Å²) in [7, 11) is 0. The zero-order valence-corrected chi connectivity index (χ0v) is 16.3. The fourth-order valence-electron chi connectivity index (χ4n) is 3.58. The van der Waals surface area contributed by atoms with Gasteiger partial charge in [-0.25, -0.2) is 0 Å². The van der Waals surface area contributed by atoms with Gasteiger partial charge in [-0.2, -0.15) is 13.2 Å². The van der Waals surface area contributed by atoms with Gasteiger partial charge < -0.3 is 25.0 Å². The molecule has 1 aromatic carbocycles. The molecular formula is C18H24ClF3N2O5. The number of aliphatic hydroxyl groups excluding tert-OH is 2. The van der Waals surface area contributed by atoms with E-state index in [1.807, 2.05) is 4.90 Å². The number of rotatable bonds is 5. The monoisotopic (exact) mass is 440 g/mol. The number of nitrogens with one attached hydrogen (secondary N) is 1. The van der Waals surface area contributed by atoms with Crippen molar-refractivity contribution in [1.82, 2.24) is 10.2 Å². The summed E-state index contributed by atoms with van der Waals surface area (Å²) >= 11 is 0. The zero-order valence-electron chi connectivity index (χ0n) is 15.5. The van der Waals surface area contributed by atoms with Crippen molar-refractivity contribution >= 4 is 18.3 Å². The number of hydrogen-bond acceptors (Lipinski definition) is 6. The maximum absolute atomic E-state index is 12.6. The van der Waals surface area contributed by atoms with Crippen LogP contribution in [0, 0.1) is 0 Å². The van der Waals surface area contributed by atoms with Gasteiger partial charge in [0.2, 0.25) is 0 Å².